The molecule has 0 aliphatic carbocycles. The third-order valence-electron chi connectivity index (χ3n) is 6.41. The average molecular weight is 465 g/mol. The van der Waals surface area contributed by atoms with Crippen LogP contribution < -0.4 is 4.74 Å². The smallest absolute Gasteiger partial charge is 0.295 e. The van der Waals surface area contributed by atoms with Crippen molar-refractivity contribution < 1.29 is 19.4 Å². The van der Waals surface area contributed by atoms with E-state index in [0.29, 0.717) is 31.0 Å². The fraction of sp³-hybridized carbons (Fsp3) is 0.429. The molecule has 0 radical (unpaired) electrons. The van der Waals surface area contributed by atoms with E-state index >= 15 is 0 Å². The molecule has 2 aromatic carbocycles. The van der Waals surface area contributed by atoms with Crippen molar-refractivity contribution in [3.63, 3.8) is 0 Å². The standard InChI is InChI=1S/C28H36N2O4/c1-6-17-34-22-13-14-23(20(5)18-22)26(31)24-25(21-11-9-19(4)10-12-21)30(28(33)27(24)32)16-15-29(7-2)8-3/h9-14,18,25,31H,6-8,15-17H2,1-5H3/t25-/m0/s1. The van der Waals surface area contributed by atoms with Gasteiger partial charge in [-0.2, -0.15) is 0 Å². The summed E-state index contributed by atoms with van der Waals surface area (Å²) in [7, 11) is 0. The van der Waals surface area contributed by atoms with Gasteiger partial charge in [0, 0.05) is 18.7 Å². The molecule has 1 saturated heterocycles. The number of amides is 1. The van der Waals surface area contributed by atoms with Crippen LogP contribution in [0.15, 0.2) is 48.0 Å². The van der Waals surface area contributed by atoms with Gasteiger partial charge in [-0.1, -0.05) is 50.6 Å². The summed E-state index contributed by atoms with van der Waals surface area (Å²) in [5, 5.41) is 11.4. The number of carbonyl (C=O) groups is 2. The molecule has 2 aromatic rings. The fourth-order valence-corrected chi connectivity index (χ4v) is 4.35. The molecule has 0 aromatic heterocycles. The molecule has 0 saturated carbocycles. The first-order chi connectivity index (χ1) is 16.3. The first-order valence-electron chi connectivity index (χ1n) is 12.1. The van der Waals surface area contributed by atoms with Gasteiger partial charge in [-0.25, -0.2) is 0 Å². The third kappa shape index (κ3) is 5.33. The second kappa shape index (κ2) is 11.3. The van der Waals surface area contributed by atoms with Gasteiger partial charge < -0.3 is 19.6 Å². The summed E-state index contributed by atoms with van der Waals surface area (Å²) < 4.78 is 5.70. The Kier molecular flexibility index (Phi) is 8.51. The molecule has 1 aliphatic rings. The first-order valence-corrected chi connectivity index (χ1v) is 12.1. The lowest BCUT2D eigenvalue weighted by molar-refractivity contribution is -0.140. The molecule has 6 heteroatoms. The largest absolute Gasteiger partial charge is 0.507 e. The van der Waals surface area contributed by atoms with Crippen molar-refractivity contribution in [1.29, 1.82) is 0 Å². The topological polar surface area (TPSA) is 70.1 Å². The number of aliphatic hydroxyl groups excluding tert-OH is 1. The van der Waals surface area contributed by atoms with Gasteiger partial charge in [0.05, 0.1) is 18.2 Å². The Labute approximate surface area is 202 Å². The second-order valence-corrected chi connectivity index (χ2v) is 8.76. The Morgan fingerprint density at radius 2 is 1.71 bits per heavy atom. The van der Waals surface area contributed by atoms with E-state index in [1.54, 1.807) is 17.0 Å². The summed E-state index contributed by atoms with van der Waals surface area (Å²) in [5.41, 5.74) is 3.35. The lowest BCUT2D eigenvalue weighted by Gasteiger charge is -2.28. The zero-order valence-corrected chi connectivity index (χ0v) is 20.9. The normalized spacial score (nSPS) is 17.6. The van der Waals surface area contributed by atoms with E-state index < -0.39 is 17.7 Å². The molecule has 34 heavy (non-hydrogen) atoms. The number of carbonyl (C=O) groups excluding carboxylic acids is 2. The zero-order chi connectivity index (χ0) is 24.8. The van der Waals surface area contributed by atoms with E-state index in [4.69, 9.17) is 4.74 Å². The van der Waals surface area contributed by atoms with Gasteiger partial charge >= 0.3 is 0 Å². The molecular weight excluding hydrogens is 428 g/mol. The maximum Gasteiger partial charge on any atom is 0.295 e. The highest BCUT2D eigenvalue weighted by atomic mass is 16.5. The molecule has 6 nitrogen and oxygen atoms in total. The number of hydrogen-bond acceptors (Lipinski definition) is 5. The number of benzene rings is 2. The van der Waals surface area contributed by atoms with E-state index in [1.807, 2.05) is 51.1 Å². The lowest BCUT2D eigenvalue weighted by Crippen LogP contribution is -2.38. The Balaban J connectivity index is 2.07. The summed E-state index contributed by atoms with van der Waals surface area (Å²) in [6.45, 7) is 13.4. The van der Waals surface area contributed by atoms with Crippen LogP contribution in [0.5, 0.6) is 5.75 Å². The Bertz CT molecular complexity index is 1050. The maximum atomic E-state index is 13.2. The highest BCUT2D eigenvalue weighted by molar-refractivity contribution is 6.46. The number of ketones is 1. The molecule has 182 valence electrons. The van der Waals surface area contributed by atoms with Crippen molar-refractivity contribution in [2.75, 3.05) is 32.8 Å². The van der Waals surface area contributed by atoms with Gasteiger partial charge in [0.2, 0.25) is 0 Å². The van der Waals surface area contributed by atoms with Crippen LogP contribution in [0.4, 0.5) is 0 Å². The Hall–Kier alpha value is -3.12. The molecule has 1 heterocycles. The van der Waals surface area contributed by atoms with Crippen molar-refractivity contribution >= 4 is 17.4 Å². The van der Waals surface area contributed by atoms with Crippen LogP contribution in [-0.2, 0) is 9.59 Å². The summed E-state index contributed by atoms with van der Waals surface area (Å²) in [5.74, 6) is -0.646. The number of aryl methyl sites for hydroxylation is 2. The summed E-state index contributed by atoms with van der Waals surface area (Å²) in [6, 6.07) is 12.5. The minimum Gasteiger partial charge on any atom is -0.507 e. The molecule has 1 amide bonds. The van der Waals surface area contributed by atoms with Crippen LogP contribution in [0.25, 0.3) is 5.76 Å². The highest BCUT2D eigenvalue weighted by Gasteiger charge is 2.46. The van der Waals surface area contributed by atoms with Gasteiger partial charge in [0.1, 0.15) is 11.5 Å². The summed E-state index contributed by atoms with van der Waals surface area (Å²) in [6.07, 6.45) is 0.897. The van der Waals surface area contributed by atoms with E-state index in [2.05, 4.69) is 18.7 Å². The van der Waals surface area contributed by atoms with Gasteiger partial charge in [-0.3, -0.25) is 9.59 Å². The maximum absolute atomic E-state index is 13.2. The van der Waals surface area contributed by atoms with Crippen LogP contribution in [0.2, 0.25) is 0 Å². The molecule has 0 unspecified atom stereocenters. The number of Topliss-reactive ketones (excluding diaryl/α,β-unsaturated/α-hetero) is 1. The van der Waals surface area contributed by atoms with Gasteiger partial charge in [0.25, 0.3) is 11.7 Å². The lowest BCUT2D eigenvalue weighted by atomic mass is 9.93. The Morgan fingerprint density at radius 3 is 2.29 bits per heavy atom. The number of aliphatic hydroxyl groups is 1. The first kappa shape index (κ1) is 25.5. The number of likely N-dealkylation sites (tertiary alicyclic amines) is 1. The number of hydrogen-bond donors (Lipinski definition) is 1. The Morgan fingerprint density at radius 1 is 1.03 bits per heavy atom. The van der Waals surface area contributed by atoms with Crippen LogP contribution in [-0.4, -0.2) is 59.4 Å². The van der Waals surface area contributed by atoms with Crippen LogP contribution in [0, 0.1) is 13.8 Å². The molecule has 1 atom stereocenters. The fourth-order valence-electron chi connectivity index (χ4n) is 4.35. The number of likely N-dealkylation sites (N-methyl/N-ethyl adjacent to an activating group) is 1. The molecular formula is C28H36N2O4. The van der Waals surface area contributed by atoms with Crippen LogP contribution in [0.3, 0.4) is 0 Å². The van der Waals surface area contributed by atoms with E-state index in [1.165, 1.54) is 0 Å². The van der Waals surface area contributed by atoms with Gasteiger partial charge in [0.15, 0.2) is 0 Å². The van der Waals surface area contributed by atoms with Crippen molar-refractivity contribution in [3.8, 4) is 5.75 Å². The minimum absolute atomic E-state index is 0.138. The van der Waals surface area contributed by atoms with Crippen molar-refractivity contribution in [3.05, 3.63) is 70.3 Å². The van der Waals surface area contributed by atoms with Gasteiger partial charge in [-0.15, -0.1) is 0 Å². The molecule has 1 aliphatic heterocycles. The predicted octanol–water partition coefficient (Wildman–Crippen LogP) is 4.86. The van der Waals surface area contributed by atoms with E-state index in [0.717, 1.165) is 36.2 Å². The highest BCUT2D eigenvalue weighted by Crippen LogP contribution is 2.40. The van der Waals surface area contributed by atoms with Crippen LogP contribution >= 0.6 is 0 Å². The molecule has 0 bridgehead atoms. The quantitative estimate of drug-likeness (QED) is 0.309. The predicted molar refractivity (Wildman–Crippen MR) is 135 cm³/mol. The summed E-state index contributed by atoms with van der Waals surface area (Å²) >= 11 is 0. The molecule has 1 N–H and O–H groups in total. The third-order valence-corrected chi connectivity index (χ3v) is 6.41. The molecule has 0 spiro atoms. The van der Waals surface area contributed by atoms with E-state index in [9.17, 15) is 14.7 Å². The van der Waals surface area contributed by atoms with E-state index in [-0.39, 0.29) is 11.3 Å². The average Bonchev–Trinajstić information content (AvgIpc) is 3.08. The summed E-state index contributed by atoms with van der Waals surface area (Å²) in [4.78, 5) is 30.2. The van der Waals surface area contributed by atoms with Crippen molar-refractivity contribution in [1.82, 2.24) is 9.80 Å². The molecule has 3 rings (SSSR count). The van der Waals surface area contributed by atoms with Crippen molar-refractivity contribution in [2.24, 2.45) is 0 Å². The van der Waals surface area contributed by atoms with Crippen molar-refractivity contribution in [2.45, 2.75) is 47.1 Å². The zero-order valence-electron chi connectivity index (χ0n) is 20.9. The van der Waals surface area contributed by atoms with Crippen LogP contribution in [0.1, 0.15) is 55.5 Å². The monoisotopic (exact) mass is 464 g/mol. The number of nitrogens with zero attached hydrogens (tertiary/aromatic N) is 2. The SMILES string of the molecule is CCCOc1ccc(C(O)=C2C(=O)C(=O)N(CCN(CC)CC)[C@H]2c2ccc(C)cc2)c(C)c1. The molecule has 1 fully saturated rings. The number of rotatable bonds is 10. The van der Waals surface area contributed by atoms with Gasteiger partial charge in [-0.05, 0) is 62.7 Å². The number of ether oxygens (including phenoxy) is 1. The minimum atomic E-state index is -0.645. The second-order valence-electron chi connectivity index (χ2n) is 8.76.